The van der Waals surface area contributed by atoms with Crippen LogP contribution in [0, 0.1) is 0 Å². The molecular weight excluding hydrogens is 242 g/mol. The number of nitrogens with one attached hydrogen (secondary N) is 3. The number of aromatic amines is 1. The first-order chi connectivity index (χ1) is 9.06. The van der Waals surface area contributed by atoms with E-state index in [-0.39, 0.29) is 18.0 Å². The third-order valence-electron chi connectivity index (χ3n) is 3.44. The van der Waals surface area contributed by atoms with E-state index in [4.69, 9.17) is 0 Å². The van der Waals surface area contributed by atoms with Crippen molar-refractivity contribution < 1.29 is 4.79 Å². The zero-order valence-corrected chi connectivity index (χ0v) is 11.9. The topological polar surface area (TPSA) is 73.0 Å². The summed E-state index contributed by atoms with van der Waals surface area (Å²) in [6, 6.07) is 0.0230. The number of amides is 1. The molecule has 2 heterocycles. The van der Waals surface area contributed by atoms with Crippen LogP contribution in [0.2, 0.25) is 0 Å². The van der Waals surface area contributed by atoms with Gasteiger partial charge in [-0.15, -0.1) is 0 Å². The number of H-pyrrole nitrogens is 1. The van der Waals surface area contributed by atoms with Crippen LogP contribution in [-0.4, -0.2) is 53.5 Å². The first kappa shape index (κ1) is 14.0. The van der Waals surface area contributed by atoms with E-state index in [1.165, 1.54) is 0 Å². The molecular formula is C13H23N5O. The molecule has 1 amide bonds. The molecule has 0 spiro atoms. The van der Waals surface area contributed by atoms with Crippen molar-refractivity contribution in [3.63, 3.8) is 0 Å². The highest BCUT2D eigenvalue weighted by atomic mass is 16.2. The Balaban J connectivity index is 1.81. The lowest BCUT2D eigenvalue weighted by Crippen LogP contribution is -2.50. The van der Waals surface area contributed by atoms with Gasteiger partial charge in [-0.25, -0.2) is 4.98 Å². The summed E-state index contributed by atoms with van der Waals surface area (Å²) in [6.07, 6.45) is 3.30. The maximum absolute atomic E-state index is 12.2. The Morgan fingerprint density at radius 3 is 3.16 bits per heavy atom. The zero-order valence-electron chi connectivity index (χ0n) is 11.9. The lowest BCUT2D eigenvalue weighted by atomic mass is 10.0. The highest BCUT2D eigenvalue weighted by Gasteiger charge is 2.26. The minimum atomic E-state index is -0.169. The van der Waals surface area contributed by atoms with Crippen molar-refractivity contribution in [2.45, 2.75) is 38.4 Å². The Kier molecular flexibility index (Phi) is 4.55. The van der Waals surface area contributed by atoms with Gasteiger partial charge in [0.1, 0.15) is 0 Å². The Morgan fingerprint density at radius 1 is 1.63 bits per heavy atom. The van der Waals surface area contributed by atoms with Crippen LogP contribution in [0.15, 0.2) is 6.33 Å². The molecule has 6 heteroatoms. The first-order valence-corrected chi connectivity index (χ1v) is 6.76. The van der Waals surface area contributed by atoms with Crippen LogP contribution >= 0.6 is 0 Å². The van der Waals surface area contributed by atoms with Crippen molar-refractivity contribution in [2.75, 3.05) is 20.6 Å². The van der Waals surface area contributed by atoms with Crippen LogP contribution in [-0.2, 0) is 17.8 Å². The van der Waals surface area contributed by atoms with Crippen molar-refractivity contribution in [2.24, 2.45) is 0 Å². The number of carbonyl (C=O) groups excluding carboxylic acids is 1. The monoisotopic (exact) mass is 265 g/mol. The molecule has 2 atom stereocenters. The van der Waals surface area contributed by atoms with E-state index in [1.807, 2.05) is 21.0 Å². The van der Waals surface area contributed by atoms with Crippen molar-refractivity contribution in [3.8, 4) is 0 Å². The standard InChI is InChI=1S/C13H23N5O/c1-9(4-5-18(2)3)17-13(19)11-6-10-12(7-14-11)16-8-15-10/h8-9,11,14H,4-7H2,1-3H3,(H,15,16)(H,17,19). The minimum Gasteiger partial charge on any atom is -0.352 e. The summed E-state index contributed by atoms with van der Waals surface area (Å²) < 4.78 is 0. The van der Waals surface area contributed by atoms with Gasteiger partial charge in [0, 0.05) is 19.0 Å². The van der Waals surface area contributed by atoms with Crippen molar-refractivity contribution in [1.82, 2.24) is 25.5 Å². The fraction of sp³-hybridized carbons (Fsp3) is 0.692. The summed E-state index contributed by atoms with van der Waals surface area (Å²) in [6.45, 7) is 3.70. The molecule has 0 bridgehead atoms. The van der Waals surface area contributed by atoms with E-state index in [1.54, 1.807) is 6.33 Å². The second-order valence-electron chi connectivity index (χ2n) is 5.47. The van der Waals surface area contributed by atoms with Gasteiger partial charge < -0.3 is 15.2 Å². The Hall–Kier alpha value is -1.40. The lowest BCUT2D eigenvalue weighted by molar-refractivity contribution is -0.124. The molecule has 0 fully saturated rings. The predicted octanol–water partition coefficient (Wildman–Crippen LogP) is -0.120. The van der Waals surface area contributed by atoms with Crippen LogP contribution in [0.25, 0.3) is 0 Å². The number of fused-ring (bicyclic) bond motifs is 1. The van der Waals surface area contributed by atoms with E-state index >= 15 is 0 Å². The van der Waals surface area contributed by atoms with Gasteiger partial charge in [-0.05, 0) is 34.0 Å². The quantitative estimate of drug-likeness (QED) is 0.694. The highest BCUT2D eigenvalue weighted by Crippen LogP contribution is 2.12. The highest BCUT2D eigenvalue weighted by molar-refractivity contribution is 5.82. The molecule has 0 aliphatic carbocycles. The third-order valence-corrected chi connectivity index (χ3v) is 3.44. The molecule has 0 aromatic carbocycles. The molecule has 3 N–H and O–H groups in total. The molecule has 1 aliphatic rings. The van der Waals surface area contributed by atoms with Gasteiger partial charge in [0.2, 0.25) is 5.91 Å². The van der Waals surface area contributed by atoms with E-state index in [2.05, 4.69) is 25.5 Å². The van der Waals surface area contributed by atoms with Crippen LogP contribution in [0.5, 0.6) is 0 Å². The van der Waals surface area contributed by atoms with Crippen LogP contribution in [0.4, 0.5) is 0 Å². The maximum Gasteiger partial charge on any atom is 0.237 e. The first-order valence-electron chi connectivity index (χ1n) is 6.76. The lowest BCUT2D eigenvalue weighted by Gasteiger charge is -2.24. The van der Waals surface area contributed by atoms with E-state index in [0.29, 0.717) is 13.0 Å². The molecule has 1 aromatic rings. The molecule has 106 valence electrons. The molecule has 0 radical (unpaired) electrons. The molecule has 2 unspecified atom stereocenters. The summed E-state index contributed by atoms with van der Waals surface area (Å²) in [5.41, 5.74) is 2.09. The Labute approximate surface area is 114 Å². The molecule has 1 aromatic heterocycles. The minimum absolute atomic E-state index is 0.0694. The van der Waals surface area contributed by atoms with Crippen molar-refractivity contribution in [3.05, 3.63) is 17.7 Å². The number of hydrogen-bond acceptors (Lipinski definition) is 4. The second kappa shape index (κ2) is 6.16. The molecule has 1 aliphatic heterocycles. The number of carbonyl (C=O) groups is 1. The Morgan fingerprint density at radius 2 is 2.42 bits per heavy atom. The van der Waals surface area contributed by atoms with Gasteiger partial charge in [0.15, 0.2) is 0 Å². The number of imidazole rings is 1. The molecule has 0 saturated carbocycles. The van der Waals surface area contributed by atoms with Gasteiger partial charge in [-0.1, -0.05) is 0 Å². The number of rotatable bonds is 5. The van der Waals surface area contributed by atoms with Crippen LogP contribution in [0.1, 0.15) is 24.7 Å². The molecule has 6 nitrogen and oxygen atoms in total. The van der Waals surface area contributed by atoms with Crippen LogP contribution in [0.3, 0.4) is 0 Å². The maximum atomic E-state index is 12.2. The summed E-state index contributed by atoms with van der Waals surface area (Å²) in [5.74, 6) is 0.0694. The predicted molar refractivity (Wildman–Crippen MR) is 73.7 cm³/mol. The molecule has 2 rings (SSSR count). The number of aromatic nitrogens is 2. The second-order valence-corrected chi connectivity index (χ2v) is 5.47. The normalized spacial score (nSPS) is 20.1. The average Bonchev–Trinajstić information content (AvgIpc) is 2.83. The molecule has 19 heavy (non-hydrogen) atoms. The fourth-order valence-corrected chi connectivity index (χ4v) is 2.22. The van der Waals surface area contributed by atoms with Gasteiger partial charge in [0.25, 0.3) is 0 Å². The summed E-state index contributed by atoms with van der Waals surface area (Å²) in [4.78, 5) is 21.6. The smallest absolute Gasteiger partial charge is 0.237 e. The molecule has 0 saturated heterocycles. The van der Waals surface area contributed by atoms with Crippen molar-refractivity contribution >= 4 is 5.91 Å². The number of nitrogens with zero attached hydrogens (tertiary/aromatic N) is 2. The summed E-state index contributed by atoms with van der Waals surface area (Å²) in [5, 5.41) is 6.30. The largest absolute Gasteiger partial charge is 0.352 e. The fourth-order valence-electron chi connectivity index (χ4n) is 2.22. The van der Waals surface area contributed by atoms with Crippen LogP contribution < -0.4 is 10.6 Å². The van der Waals surface area contributed by atoms with Gasteiger partial charge in [-0.2, -0.15) is 0 Å². The summed E-state index contributed by atoms with van der Waals surface area (Å²) >= 11 is 0. The van der Waals surface area contributed by atoms with E-state index in [0.717, 1.165) is 24.4 Å². The van der Waals surface area contributed by atoms with E-state index < -0.39 is 0 Å². The van der Waals surface area contributed by atoms with Gasteiger partial charge >= 0.3 is 0 Å². The average molecular weight is 265 g/mol. The van der Waals surface area contributed by atoms with E-state index in [9.17, 15) is 4.79 Å². The third kappa shape index (κ3) is 3.78. The van der Waals surface area contributed by atoms with Gasteiger partial charge in [0.05, 0.1) is 23.8 Å². The summed E-state index contributed by atoms with van der Waals surface area (Å²) in [7, 11) is 4.08. The Bertz CT molecular complexity index is 428. The van der Waals surface area contributed by atoms with Gasteiger partial charge in [-0.3, -0.25) is 10.1 Å². The zero-order chi connectivity index (χ0) is 13.8. The number of hydrogen-bond donors (Lipinski definition) is 3. The SMILES string of the molecule is CC(CCN(C)C)NC(=O)C1Cc2nc[nH]c2CN1. The van der Waals surface area contributed by atoms with Crippen molar-refractivity contribution in [1.29, 1.82) is 0 Å².